The van der Waals surface area contributed by atoms with Crippen molar-refractivity contribution in [2.24, 2.45) is 0 Å². The van der Waals surface area contributed by atoms with E-state index in [1.807, 2.05) is 26.0 Å². The minimum atomic E-state index is -0.527. The number of nitrogens with one attached hydrogen (secondary N) is 4. The van der Waals surface area contributed by atoms with Crippen molar-refractivity contribution in [2.45, 2.75) is 26.7 Å². The molecule has 0 spiro atoms. The molecule has 0 aliphatic carbocycles. The quantitative estimate of drug-likeness (QED) is 0.583. The second-order valence-corrected chi connectivity index (χ2v) is 6.24. The molecule has 0 atom stereocenters. The van der Waals surface area contributed by atoms with Crippen molar-refractivity contribution in [3.8, 4) is 0 Å². The normalized spacial score (nSPS) is 9.93. The predicted octanol–water partition coefficient (Wildman–Crippen LogP) is 1.31. The highest BCUT2D eigenvalue weighted by Gasteiger charge is 2.11. The van der Waals surface area contributed by atoms with Gasteiger partial charge in [-0.1, -0.05) is 35.4 Å². The molecule has 2 aromatic carbocycles. The SMILES string of the molecule is Cc1cccc(C(=O)NNC(=O)CCC(=O)NNC(=O)c2cccc(C)c2)c1. The standard InChI is InChI=1S/C20H22N4O4/c1-13-5-3-7-15(11-13)19(27)23-21-17(25)9-10-18(26)22-24-20(28)16-8-4-6-14(2)12-16/h3-8,11-12H,9-10H2,1-2H3,(H,21,25)(H,22,26)(H,23,27)(H,24,28). The van der Waals surface area contributed by atoms with Gasteiger partial charge in [-0.15, -0.1) is 0 Å². The Bertz CT molecular complexity index is 822. The first-order valence-corrected chi connectivity index (χ1v) is 8.67. The van der Waals surface area contributed by atoms with Gasteiger partial charge in [-0.25, -0.2) is 0 Å². The van der Waals surface area contributed by atoms with Gasteiger partial charge in [0, 0.05) is 24.0 Å². The molecule has 28 heavy (non-hydrogen) atoms. The van der Waals surface area contributed by atoms with E-state index in [0.29, 0.717) is 11.1 Å². The molecule has 0 aliphatic rings. The van der Waals surface area contributed by atoms with Crippen molar-refractivity contribution >= 4 is 23.6 Å². The van der Waals surface area contributed by atoms with Crippen LogP contribution >= 0.6 is 0 Å². The molecule has 146 valence electrons. The fourth-order valence-electron chi connectivity index (χ4n) is 2.32. The highest BCUT2D eigenvalue weighted by Crippen LogP contribution is 2.04. The van der Waals surface area contributed by atoms with E-state index in [1.165, 1.54) is 0 Å². The lowest BCUT2D eigenvalue weighted by Crippen LogP contribution is -2.44. The number of hydrogen-bond acceptors (Lipinski definition) is 4. The van der Waals surface area contributed by atoms with Crippen LogP contribution in [-0.4, -0.2) is 23.6 Å². The maximum Gasteiger partial charge on any atom is 0.269 e. The number of hydrogen-bond donors (Lipinski definition) is 4. The number of benzene rings is 2. The first-order valence-electron chi connectivity index (χ1n) is 8.67. The Kier molecular flexibility index (Phi) is 7.27. The largest absolute Gasteiger partial charge is 0.273 e. The summed E-state index contributed by atoms with van der Waals surface area (Å²) in [4.78, 5) is 47.4. The van der Waals surface area contributed by atoms with Crippen molar-refractivity contribution < 1.29 is 19.2 Å². The van der Waals surface area contributed by atoms with Gasteiger partial charge in [0.15, 0.2) is 0 Å². The first-order chi connectivity index (χ1) is 13.3. The fraction of sp³-hybridized carbons (Fsp3) is 0.200. The van der Waals surface area contributed by atoms with Crippen molar-refractivity contribution in [3.63, 3.8) is 0 Å². The van der Waals surface area contributed by atoms with Crippen LogP contribution < -0.4 is 21.7 Å². The van der Waals surface area contributed by atoms with Crippen LogP contribution in [0.3, 0.4) is 0 Å². The molecular formula is C20H22N4O4. The molecule has 8 heteroatoms. The number of rotatable bonds is 5. The molecule has 0 saturated heterocycles. The summed E-state index contributed by atoms with van der Waals surface area (Å²) in [7, 11) is 0. The Morgan fingerprint density at radius 1 is 0.643 bits per heavy atom. The molecule has 0 aromatic heterocycles. The molecule has 8 nitrogen and oxygen atoms in total. The predicted molar refractivity (Wildman–Crippen MR) is 103 cm³/mol. The third-order valence-electron chi connectivity index (χ3n) is 3.77. The zero-order valence-corrected chi connectivity index (χ0v) is 15.7. The maximum atomic E-state index is 11.9. The molecule has 4 N–H and O–H groups in total. The Labute approximate surface area is 162 Å². The molecule has 0 fully saturated rings. The van der Waals surface area contributed by atoms with E-state index in [1.54, 1.807) is 36.4 Å². The van der Waals surface area contributed by atoms with Crippen molar-refractivity contribution in [2.75, 3.05) is 0 Å². The summed E-state index contributed by atoms with van der Waals surface area (Å²) in [6.45, 7) is 3.71. The van der Waals surface area contributed by atoms with E-state index >= 15 is 0 Å². The van der Waals surface area contributed by atoms with Crippen LogP contribution in [0.4, 0.5) is 0 Å². The van der Waals surface area contributed by atoms with Crippen molar-refractivity contribution in [3.05, 3.63) is 70.8 Å². The van der Waals surface area contributed by atoms with Gasteiger partial charge in [-0.3, -0.25) is 40.9 Å². The van der Waals surface area contributed by atoms with Gasteiger partial charge in [0.25, 0.3) is 11.8 Å². The van der Waals surface area contributed by atoms with Crippen LogP contribution in [0, 0.1) is 13.8 Å². The van der Waals surface area contributed by atoms with E-state index in [0.717, 1.165) is 11.1 Å². The molecule has 2 rings (SSSR count). The lowest BCUT2D eigenvalue weighted by atomic mass is 10.1. The number of carbonyl (C=O) groups is 4. The van der Waals surface area contributed by atoms with E-state index in [-0.39, 0.29) is 12.8 Å². The monoisotopic (exact) mass is 382 g/mol. The Morgan fingerprint density at radius 3 is 1.39 bits per heavy atom. The van der Waals surface area contributed by atoms with Crippen LogP contribution in [0.2, 0.25) is 0 Å². The van der Waals surface area contributed by atoms with Gasteiger partial charge in [-0.05, 0) is 38.1 Å². The highest BCUT2D eigenvalue weighted by atomic mass is 16.2. The molecule has 0 unspecified atom stereocenters. The molecular weight excluding hydrogens is 360 g/mol. The van der Waals surface area contributed by atoms with E-state index in [4.69, 9.17) is 0 Å². The topological polar surface area (TPSA) is 116 Å². The molecule has 2 aromatic rings. The highest BCUT2D eigenvalue weighted by molar-refractivity contribution is 5.96. The molecule has 0 radical (unpaired) electrons. The molecule has 0 aliphatic heterocycles. The molecule has 0 saturated carbocycles. The summed E-state index contributed by atoms with van der Waals surface area (Å²) in [5.41, 5.74) is 11.7. The third kappa shape index (κ3) is 6.56. The van der Waals surface area contributed by atoms with Crippen LogP contribution in [0.5, 0.6) is 0 Å². The molecule has 0 heterocycles. The van der Waals surface area contributed by atoms with Crippen LogP contribution in [0.1, 0.15) is 44.7 Å². The van der Waals surface area contributed by atoms with Crippen molar-refractivity contribution in [1.29, 1.82) is 0 Å². The second-order valence-electron chi connectivity index (χ2n) is 6.24. The smallest absolute Gasteiger partial charge is 0.269 e. The summed E-state index contributed by atoms with van der Waals surface area (Å²) in [6, 6.07) is 13.8. The van der Waals surface area contributed by atoms with Gasteiger partial charge >= 0.3 is 0 Å². The number of aryl methyl sites for hydroxylation is 2. The Balaban J connectivity index is 1.68. The summed E-state index contributed by atoms with van der Waals surface area (Å²) in [5, 5.41) is 0. The average Bonchev–Trinajstić information content (AvgIpc) is 2.68. The number of amides is 4. The molecule has 4 amide bonds. The zero-order chi connectivity index (χ0) is 20.5. The minimum Gasteiger partial charge on any atom is -0.273 e. The minimum absolute atomic E-state index is 0.153. The van der Waals surface area contributed by atoms with Gasteiger partial charge in [0.05, 0.1) is 0 Å². The first kappa shape index (κ1) is 20.6. The number of hydrazine groups is 2. The Hall–Kier alpha value is -3.68. The van der Waals surface area contributed by atoms with Gasteiger partial charge in [-0.2, -0.15) is 0 Å². The van der Waals surface area contributed by atoms with E-state index in [9.17, 15) is 19.2 Å². The van der Waals surface area contributed by atoms with Crippen LogP contribution in [0.15, 0.2) is 48.5 Å². The Morgan fingerprint density at radius 2 is 1.04 bits per heavy atom. The van der Waals surface area contributed by atoms with Gasteiger partial charge in [0.2, 0.25) is 11.8 Å². The zero-order valence-electron chi connectivity index (χ0n) is 15.7. The van der Waals surface area contributed by atoms with Crippen LogP contribution in [-0.2, 0) is 9.59 Å². The lowest BCUT2D eigenvalue weighted by molar-refractivity contribution is -0.127. The summed E-state index contributed by atoms with van der Waals surface area (Å²) >= 11 is 0. The lowest BCUT2D eigenvalue weighted by Gasteiger charge is -2.09. The number of carbonyl (C=O) groups excluding carboxylic acids is 4. The maximum absolute atomic E-state index is 11.9. The van der Waals surface area contributed by atoms with Crippen molar-refractivity contribution in [1.82, 2.24) is 21.7 Å². The van der Waals surface area contributed by atoms with E-state index < -0.39 is 23.6 Å². The second kappa shape index (κ2) is 9.86. The molecule has 0 bridgehead atoms. The van der Waals surface area contributed by atoms with E-state index in [2.05, 4.69) is 21.7 Å². The third-order valence-corrected chi connectivity index (χ3v) is 3.77. The fourth-order valence-corrected chi connectivity index (χ4v) is 2.32. The summed E-state index contributed by atoms with van der Waals surface area (Å²) in [5.74, 6) is -1.96. The summed E-state index contributed by atoms with van der Waals surface area (Å²) in [6.07, 6.45) is -0.305. The van der Waals surface area contributed by atoms with Gasteiger partial charge < -0.3 is 0 Å². The van der Waals surface area contributed by atoms with Crippen LogP contribution in [0.25, 0.3) is 0 Å². The average molecular weight is 382 g/mol. The summed E-state index contributed by atoms with van der Waals surface area (Å²) < 4.78 is 0. The van der Waals surface area contributed by atoms with Gasteiger partial charge in [0.1, 0.15) is 0 Å².